The maximum atomic E-state index is 11.0. The lowest BCUT2D eigenvalue weighted by atomic mass is 9.92. The van der Waals surface area contributed by atoms with Crippen LogP contribution in [0.3, 0.4) is 0 Å². The highest BCUT2D eigenvalue weighted by molar-refractivity contribution is 7.98. The van der Waals surface area contributed by atoms with Crippen molar-refractivity contribution in [2.45, 2.75) is 37.5 Å². The first-order chi connectivity index (χ1) is 8.98. The highest BCUT2D eigenvalue weighted by Crippen LogP contribution is 2.20. The molecule has 19 heavy (non-hydrogen) atoms. The zero-order chi connectivity index (χ0) is 14.3. The molecule has 0 heterocycles. The monoisotopic (exact) mass is 301 g/mol. The van der Waals surface area contributed by atoms with Crippen LogP contribution in [0.4, 0.5) is 0 Å². The van der Waals surface area contributed by atoms with Crippen LogP contribution in [0.5, 0.6) is 0 Å². The van der Waals surface area contributed by atoms with Gasteiger partial charge in [-0.1, -0.05) is 30.7 Å². The summed E-state index contributed by atoms with van der Waals surface area (Å²) < 4.78 is 0. The Morgan fingerprint density at radius 1 is 1.42 bits per heavy atom. The third-order valence-corrected chi connectivity index (χ3v) is 4.52. The average molecular weight is 302 g/mol. The van der Waals surface area contributed by atoms with Crippen LogP contribution >= 0.6 is 23.4 Å². The molecule has 0 radical (unpaired) electrons. The van der Waals surface area contributed by atoms with Crippen LogP contribution in [0.15, 0.2) is 24.3 Å². The van der Waals surface area contributed by atoms with Gasteiger partial charge in [-0.25, -0.2) is 0 Å². The first-order valence-corrected chi connectivity index (χ1v) is 7.85. The van der Waals surface area contributed by atoms with E-state index in [1.807, 2.05) is 31.2 Å². The molecule has 1 unspecified atom stereocenters. The minimum atomic E-state index is -1.07. The molecule has 0 fully saturated rings. The number of carbonyl (C=O) groups is 1. The lowest BCUT2D eigenvalue weighted by molar-refractivity contribution is -0.143. The molecule has 0 spiro atoms. The summed E-state index contributed by atoms with van der Waals surface area (Å²) in [6.45, 7) is 1.81. The van der Waals surface area contributed by atoms with Gasteiger partial charge < -0.3 is 10.8 Å². The van der Waals surface area contributed by atoms with Gasteiger partial charge in [0.05, 0.1) is 0 Å². The number of hydrogen-bond donors (Lipinski definition) is 2. The van der Waals surface area contributed by atoms with E-state index < -0.39 is 11.5 Å². The van der Waals surface area contributed by atoms with Crippen molar-refractivity contribution in [1.29, 1.82) is 0 Å². The van der Waals surface area contributed by atoms with Gasteiger partial charge in [-0.2, -0.15) is 11.8 Å². The highest BCUT2D eigenvalue weighted by Gasteiger charge is 2.30. The van der Waals surface area contributed by atoms with Crippen molar-refractivity contribution in [3.8, 4) is 0 Å². The molecule has 0 aliphatic heterocycles. The Kier molecular flexibility index (Phi) is 6.69. The van der Waals surface area contributed by atoms with Crippen molar-refractivity contribution < 1.29 is 9.90 Å². The summed E-state index contributed by atoms with van der Waals surface area (Å²) >= 11 is 7.60. The van der Waals surface area contributed by atoms with E-state index in [1.165, 1.54) is 5.56 Å². The van der Waals surface area contributed by atoms with Crippen molar-refractivity contribution in [1.82, 2.24) is 0 Å². The number of carboxylic acid groups (broad SMARTS) is 1. The Morgan fingerprint density at radius 2 is 2.05 bits per heavy atom. The molecule has 5 heteroatoms. The summed E-state index contributed by atoms with van der Waals surface area (Å²) in [7, 11) is 0. The fourth-order valence-corrected chi connectivity index (χ4v) is 2.74. The van der Waals surface area contributed by atoms with Gasteiger partial charge >= 0.3 is 5.97 Å². The topological polar surface area (TPSA) is 63.3 Å². The predicted molar refractivity (Wildman–Crippen MR) is 81.7 cm³/mol. The van der Waals surface area contributed by atoms with E-state index >= 15 is 0 Å². The molecule has 1 atom stereocenters. The van der Waals surface area contributed by atoms with E-state index in [0.717, 1.165) is 22.9 Å². The fraction of sp³-hybridized carbons (Fsp3) is 0.500. The Labute approximate surface area is 123 Å². The third-order valence-electron chi connectivity index (χ3n) is 3.15. The number of benzene rings is 1. The van der Waals surface area contributed by atoms with Gasteiger partial charge in [0.25, 0.3) is 0 Å². The molecule has 0 saturated carbocycles. The van der Waals surface area contributed by atoms with Crippen LogP contribution in [0.2, 0.25) is 5.02 Å². The zero-order valence-corrected chi connectivity index (χ0v) is 12.6. The quantitative estimate of drug-likeness (QED) is 0.721. The summed E-state index contributed by atoms with van der Waals surface area (Å²) in [4.78, 5) is 11.0. The van der Waals surface area contributed by atoms with Crippen LogP contribution < -0.4 is 5.73 Å². The number of hydrogen-bond acceptors (Lipinski definition) is 3. The van der Waals surface area contributed by atoms with Crippen LogP contribution in [-0.2, 0) is 10.5 Å². The van der Waals surface area contributed by atoms with Gasteiger partial charge in [-0.15, -0.1) is 0 Å². The van der Waals surface area contributed by atoms with Gasteiger partial charge in [-0.3, -0.25) is 4.79 Å². The number of rotatable bonds is 8. The first-order valence-electron chi connectivity index (χ1n) is 6.32. The molecule has 3 N–H and O–H groups in total. The molecular formula is C14H20ClNO2S. The molecule has 0 bridgehead atoms. The molecule has 106 valence electrons. The maximum absolute atomic E-state index is 11.0. The van der Waals surface area contributed by atoms with Crippen LogP contribution in [0.25, 0.3) is 0 Å². The summed E-state index contributed by atoms with van der Waals surface area (Å²) in [5.41, 5.74) is 5.98. The van der Waals surface area contributed by atoms with Crippen molar-refractivity contribution in [2.24, 2.45) is 5.73 Å². The van der Waals surface area contributed by atoms with Crippen molar-refractivity contribution >= 4 is 29.3 Å². The summed E-state index contributed by atoms with van der Waals surface area (Å²) in [5.74, 6) is 0.917. The Morgan fingerprint density at radius 3 is 2.58 bits per heavy atom. The molecule has 1 aromatic carbocycles. The van der Waals surface area contributed by atoms with Gasteiger partial charge in [0, 0.05) is 10.8 Å². The van der Waals surface area contributed by atoms with Crippen molar-refractivity contribution in [3.05, 3.63) is 34.9 Å². The molecule has 1 aromatic rings. The molecule has 0 aromatic heterocycles. The molecule has 0 aliphatic rings. The molecule has 3 nitrogen and oxygen atoms in total. The maximum Gasteiger partial charge on any atom is 0.323 e. The van der Waals surface area contributed by atoms with E-state index in [9.17, 15) is 4.79 Å². The molecular weight excluding hydrogens is 282 g/mol. The smallest absolute Gasteiger partial charge is 0.323 e. The summed E-state index contributed by atoms with van der Waals surface area (Å²) in [6.07, 6.45) is 1.80. The summed E-state index contributed by atoms with van der Waals surface area (Å²) in [5, 5.41) is 9.79. The highest BCUT2D eigenvalue weighted by atomic mass is 35.5. The second-order valence-corrected chi connectivity index (χ2v) is 6.14. The Hall–Kier alpha value is -0.710. The minimum absolute atomic E-state index is 0.462. The summed E-state index contributed by atoms with van der Waals surface area (Å²) in [6, 6.07) is 7.77. The SMILES string of the molecule is CCC(N)(CCCSCc1ccc(Cl)cc1)C(=O)O. The molecule has 1 rings (SSSR count). The van der Waals surface area contributed by atoms with Crippen LogP contribution in [-0.4, -0.2) is 22.4 Å². The second-order valence-electron chi connectivity index (χ2n) is 4.60. The van der Waals surface area contributed by atoms with Crippen molar-refractivity contribution in [3.63, 3.8) is 0 Å². The van der Waals surface area contributed by atoms with Crippen LogP contribution in [0.1, 0.15) is 31.7 Å². The largest absolute Gasteiger partial charge is 0.480 e. The number of carboxylic acids is 1. The molecule has 0 saturated heterocycles. The third kappa shape index (κ3) is 5.43. The van der Waals surface area contributed by atoms with Gasteiger partial charge in [-0.05, 0) is 42.7 Å². The number of halogens is 1. The van der Waals surface area contributed by atoms with E-state index in [1.54, 1.807) is 11.8 Å². The average Bonchev–Trinajstić information content (AvgIpc) is 2.40. The number of nitrogens with two attached hydrogens (primary N) is 1. The standard InChI is InChI=1S/C14H20ClNO2S/c1-2-14(16,13(17)18)8-3-9-19-10-11-4-6-12(15)7-5-11/h4-7H,2-3,8-10,16H2,1H3,(H,17,18). The minimum Gasteiger partial charge on any atom is -0.480 e. The first kappa shape index (κ1) is 16.3. The lowest BCUT2D eigenvalue weighted by Gasteiger charge is -2.22. The van der Waals surface area contributed by atoms with Gasteiger partial charge in [0.1, 0.15) is 5.54 Å². The number of aliphatic carboxylic acids is 1. The van der Waals surface area contributed by atoms with E-state index in [0.29, 0.717) is 12.8 Å². The Balaban J connectivity index is 2.24. The van der Waals surface area contributed by atoms with E-state index in [2.05, 4.69) is 0 Å². The van der Waals surface area contributed by atoms with Crippen molar-refractivity contribution in [2.75, 3.05) is 5.75 Å². The van der Waals surface area contributed by atoms with E-state index in [4.69, 9.17) is 22.4 Å². The lowest BCUT2D eigenvalue weighted by Crippen LogP contribution is -2.47. The van der Waals surface area contributed by atoms with E-state index in [-0.39, 0.29) is 0 Å². The fourth-order valence-electron chi connectivity index (χ4n) is 1.70. The zero-order valence-electron chi connectivity index (χ0n) is 11.1. The molecule has 0 aliphatic carbocycles. The van der Waals surface area contributed by atoms with Crippen LogP contribution in [0, 0.1) is 0 Å². The normalized spacial score (nSPS) is 14.1. The van der Waals surface area contributed by atoms with Gasteiger partial charge in [0.15, 0.2) is 0 Å². The Bertz CT molecular complexity index is 410. The number of thioether (sulfide) groups is 1. The predicted octanol–water partition coefficient (Wildman–Crippen LogP) is 3.55. The molecule has 0 amide bonds. The second kappa shape index (κ2) is 7.78. The van der Waals surface area contributed by atoms with Gasteiger partial charge in [0.2, 0.25) is 0 Å².